The molecular weight excluding hydrogens is 220 g/mol. The lowest BCUT2D eigenvalue weighted by Crippen LogP contribution is -2.36. The van der Waals surface area contributed by atoms with E-state index in [9.17, 15) is 9.59 Å². The van der Waals surface area contributed by atoms with E-state index in [-0.39, 0.29) is 23.7 Å². The number of methoxy groups -OCH3 is 1. The van der Waals surface area contributed by atoms with Gasteiger partial charge in [0, 0.05) is 19.6 Å². The van der Waals surface area contributed by atoms with E-state index in [1.165, 1.54) is 7.11 Å². The maximum atomic E-state index is 12.2. The molecule has 2 rings (SSSR count). The normalized spacial score (nSPS) is 29.6. The van der Waals surface area contributed by atoms with Gasteiger partial charge >= 0.3 is 5.97 Å². The number of rotatable bonds is 2. The molecule has 0 saturated carbocycles. The highest BCUT2D eigenvalue weighted by molar-refractivity contribution is 5.81. The Morgan fingerprint density at radius 1 is 1.12 bits per heavy atom. The summed E-state index contributed by atoms with van der Waals surface area (Å²) in [6.07, 6.45) is 1.68. The predicted molar refractivity (Wildman–Crippen MR) is 62.3 cm³/mol. The molecule has 5 heteroatoms. The number of likely N-dealkylation sites (tertiary alicyclic amines) is 2. The van der Waals surface area contributed by atoms with Crippen LogP contribution in [0.2, 0.25) is 0 Å². The van der Waals surface area contributed by atoms with E-state index < -0.39 is 0 Å². The topological polar surface area (TPSA) is 49.9 Å². The van der Waals surface area contributed by atoms with E-state index in [1.807, 2.05) is 11.9 Å². The van der Waals surface area contributed by atoms with Gasteiger partial charge in [0.1, 0.15) is 0 Å². The van der Waals surface area contributed by atoms with E-state index in [4.69, 9.17) is 4.74 Å². The minimum atomic E-state index is -0.191. The van der Waals surface area contributed by atoms with Gasteiger partial charge in [-0.2, -0.15) is 0 Å². The average molecular weight is 240 g/mol. The molecule has 2 aliphatic heterocycles. The first kappa shape index (κ1) is 12.4. The zero-order valence-corrected chi connectivity index (χ0v) is 10.5. The van der Waals surface area contributed by atoms with Crippen LogP contribution in [0.4, 0.5) is 0 Å². The summed E-state index contributed by atoms with van der Waals surface area (Å²) in [5.41, 5.74) is 0. The third-order valence-electron chi connectivity index (χ3n) is 3.78. The highest BCUT2D eigenvalue weighted by Gasteiger charge is 2.36. The quantitative estimate of drug-likeness (QED) is 0.636. The molecule has 0 aromatic rings. The fraction of sp³-hybridized carbons (Fsp3) is 0.833. The average Bonchev–Trinajstić information content (AvgIpc) is 2.95. The predicted octanol–water partition coefficient (Wildman–Crippen LogP) is -0.0404. The maximum absolute atomic E-state index is 12.2. The van der Waals surface area contributed by atoms with Crippen LogP contribution in [0, 0.1) is 11.8 Å². The molecule has 2 saturated heterocycles. The van der Waals surface area contributed by atoms with Crippen molar-refractivity contribution in [1.82, 2.24) is 9.80 Å². The molecule has 0 aromatic carbocycles. The summed E-state index contributed by atoms with van der Waals surface area (Å²) in [4.78, 5) is 27.6. The van der Waals surface area contributed by atoms with E-state index in [0.717, 1.165) is 25.9 Å². The molecule has 0 N–H and O–H groups in total. The van der Waals surface area contributed by atoms with Crippen molar-refractivity contribution in [3.05, 3.63) is 0 Å². The maximum Gasteiger partial charge on any atom is 0.310 e. The summed E-state index contributed by atoms with van der Waals surface area (Å²) < 4.78 is 4.72. The molecule has 2 atom stereocenters. The van der Waals surface area contributed by atoms with Crippen LogP contribution in [-0.4, -0.2) is 62.0 Å². The first-order valence-corrected chi connectivity index (χ1v) is 6.17. The Morgan fingerprint density at radius 3 is 2.41 bits per heavy atom. The molecule has 0 aromatic heterocycles. The number of hydrogen-bond acceptors (Lipinski definition) is 4. The van der Waals surface area contributed by atoms with Crippen molar-refractivity contribution in [2.45, 2.75) is 12.8 Å². The molecule has 0 spiro atoms. The van der Waals surface area contributed by atoms with Crippen LogP contribution < -0.4 is 0 Å². The van der Waals surface area contributed by atoms with E-state index in [0.29, 0.717) is 13.1 Å². The monoisotopic (exact) mass is 240 g/mol. The number of carbonyl (C=O) groups excluding carboxylic acids is 2. The molecule has 2 heterocycles. The second kappa shape index (κ2) is 5.04. The van der Waals surface area contributed by atoms with E-state index in [1.54, 1.807) is 0 Å². The number of amides is 1. The molecular formula is C12H20N2O3. The highest BCUT2D eigenvalue weighted by Crippen LogP contribution is 2.23. The fourth-order valence-electron chi connectivity index (χ4n) is 2.71. The van der Waals surface area contributed by atoms with Gasteiger partial charge in [-0.15, -0.1) is 0 Å². The van der Waals surface area contributed by atoms with Gasteiger partial charge < -0.3 is 14.5 Å². The molecule has 96 valence electrons. The van der Waals surface area contributed by atoms with Gasteiger partial charge in [-0.05, 0) is 26.4 Å². The lowest BCUT2D eigenvalue weighted by molar-refractivity contribution is -0.145. The van der Waals surface area contributed by atoms with Crippen molar-refractivity contribution < 1.29 is 14.3 Å². The largest absolute Gasteiger partial charge is 0.469 e. The molecule has 1 amide bonds. The van der Waals surface area contributed by atoms with Crippen molar-refractivity contribution in [1.29, 1.82) is 0 Å². The third kappa shape index (κ3) is 2.60. The zero-order chi connectivity index (χ0) is 12.4. The van der Waals surface area contributed by atoms with Crippen LogP contribution in [-0.2, 0) is 14.3 Å². The Balaban J connectivity index is 1.88. The molecule has 5 nitrogen and oxygen atoms in total. The van der Waals surface area contributed by atoms with Crippen LogP contribution in [0.15, 0.2) is 0 Å². The Bertz CT molecular complexity index is 319. The lowest BCUT2D eigenvalue weighted by Gasteiger charge is -2.20. The molecule has 2 unspecified atom stereocenters. The molecule has 0 aliphatic carbocycles. The molecule has 0 bridgehead atoms. The van der Waals surface area contributed by atoms with Crippen molar-refractivity contribution in [3.63, 3.8) is 0 Å². The Kier molecular flexibility index (Phi) is 3.66. The first-order valence-electron chi connectivity index (χ1n) is 6.17. The Hall–Kier alpha value is -1.10. The molecule has 2 aliphatic rings. The van der Waals surface area contributed by atoms with Crippen molar-refractivity contribution in [2.75, 3.05) is 40.3 Å². The van der Waals surface area contributed by atoms with Crippen LogP contribution in [0.3, 0.4) is 0 Å². The van der Waals surface area contributed by atoms with Crippen LogP contribution in [0.5, 0.6) is 0 Å². The lowest BCUT2D eigenvalue weighted by atomic mass is 10.1. The molecule has 2 fully saturated rings. The molecule has 17 heavy (non-hydrogen) atoms. The minimum Gasteiger partial charge on any atom is -0.469 e. The van der Waals surface area contributed by atoms with Gasteiger partial charge in [0.15, 0.2) is 0 Å². The van der Waals surface area contributed by atoms with Crippen LogP contribution >= 0.6 is 0 Å². The summed E-state index contributed by atoms with van der Waals surface area (Å²) in [5.74, 6) is 0.0177. The van der Waals surface area contributed by atoms with Crippen molar-refractivity contribution in [3.8, 4) is 0 Å². The number of hydrogen-bond donors (Lipinski definition) is 0. The number of nitrogens with zero attached hydrogens (tertiary/aromatic N) is 2. The van der Waals surface area contributed by atoms with Crippen molar-refractivity contribution >= 4 is 11.9 Å². The van der Waals surface area contributed by atoms with Gasteiger partial charge in [0.05, 0.1) is 18.9 Å². The Labute approximate surface area is 102 Å². The Morgan fingerprint density at radius 2 is 1.82 bits per heavy atom. The summed E-state index contributed by atoms with van der Waals surface area (Å²) >= 11 is 0. The SMILES string of the molecule is COC(=O)C1CCN(C(=O)C2CCN(C)C2)C1. The van der Waals surface area contributed by atoms with Gasteiger partial charge in [-0.1, -0.05) is 0 Å². The van der Waals surface area contributed by atoms with E-state index in [2.05, 4.69) is 4.90 Å². The molecule has 0 radical (unpaired) electrons. The second-order valence-corrected chi connectivity index (χ2v) is 5.04. The van der Waals surface area contributed by atoms with Crippen LogP contribution in [0.25, 0.3) is 0 Å². The van der Waals surface area contributed by atoms with Crippen LogP contribution in [0.1, 0.15) is 12.8 Å². The van der Waals surface area contributed by atoms with Gasteiger partial charge in [0.25, 0.3) is 0 Å². The first-order chi connectivity index (χ1) is 8.11. The smallest absolute Gasteiger partial charge is 0.310 e. The van der Waals surface area contributed by atoms with E-state index >= 15 is 0 Å². The summed E-state index contributed by atoms with van der Waals surface area (Å²) in [6, 6.07) is 0. The second-order valence-electron chi connectivity index (χ2n) is 5.04. The number of carbonyl (C=O) groups is 2. The van der Waals surface area contributed by atoms with Gasteiger partial charge in [-0.25, -0.2) is 0 Å². The van der Waals surface area contributed by atoms with Gasteiger partial charge in [0.2, 0.25) is 5.91 Å². The standard InChI is InChI=1S/C12H20N2O3/c1-13-5-3-9(7-13)11(15)14-6-4-10(8-14)12(16)17-2/h9-10H,3-8H2,1-2H3. The third-order valence-corrected chi connectivity index (χ3v) is 3.78. The minimum absolute atomic E-state index is 0.122. The fourth-order valence-corrected chi connectivity index (χ4v) is 2.71. The summed E-state index contributed by atoms with van der Waals surface area (Å²) in [6.45, 7) is 3.06. The highest BCUT2D eigenvalue weighted by atomic mass is 16.5. The number of ether oxygens (including phenoxy) is 1. The van der Waals surface area contributed by atoms with Gasteiger partial charge in [-0.3, -0.25) is 9.59 Å². The zero-order valence-electron chi connectivity index (χ0n) is 10.5. The van der Waals surface area contributed by atoms with Crippen molar-refractivity contribution in [2.24, 2.45) is 11.8 Å². The summed E-state index contributed by atoms with van der Waals surface area (Å²) in [5, 5.41) is 0. The summed E-state index contributed by atoms with van der Waals surface area (Å²) in [7, 11) is 3.44. The number of esters is 1.